The normalized spacial score (nSPS) is 11.6. The minimum absolute atomic E-state index is 0.0598. The van der Waals surface area contributed by atoms with Crippen LogP contribution in [-0.2, 0) is 16.6 Å². The average Bonchev–Trinajstić information content (AvgIpc) is 3.21. The molecule has 37 heavy (non-hydrogen) atoms. The van der Waals surface area contributed by atoms with Crippen molar-refractivity contribution >= 4 is 33.1 Å². The number of hydrogen-bond acceptors (Lipinski definition) is 8. The fraction of sp³-hybridized carbons (Fsp3) is 0.280. The van der Waals surface area contributed by atoms with Gasteiger partial charge in [0.1, 0.15) is 13.2 Å². The molecule has 2 heterocycles. The topological polar surface area (TPSA) is 107 Å². The maximum atomic E-state index is 13.3. The van der Waals surface area contributed by atoms with Gasteiger partial charge in [-0.1, -0.05) is 23.7 Å². The van der Waals surface area contributed by atoms with Gasteiger partial charge in [-0.15, -0.1) is 0 Å². The van der Waals surface area contributed by atoms with E-state index in [1.165, 1.54) is 18.5 Å². The number of nitrogens with zero attached hydrogens (tertiary/aromatic N) is 4. The largest absolute Gasteiger partial charge is 0.493 e. The second kappa shape index (κ2) is 11.2. The van der Waals surface area contributed by atoms with Crippen LogP contribution in [0.25, 0.3) is 5.65 Å². The molecule has 0 atom stereocenters. The molecule has 0 spiro atoms. The summed E-state index contributed by atoms with van der Waals surface area (Å²) in [4.78, 5) is 10.6. The number of sulfonamides is 1. The molecule has 0 saturated heterocycles. The Kier molecular flexibility index (Phi) is 8.06. The number of rotatable bonds is 11. The molecule has 0 bridgehead atoms. The number of anilines is 1. The number of aromatic nitrogens is 3. The van der Waals surface area contributed by atoms with Crippen LogP contribution in [-0.4, -0.2) is 62.0 Å². The molecule has 12 heteroatoms. The Morgan fingerprint density at radius 2 is 1.95 bits per heavy atom. The number of methoxy groups -OCH3 is 1. The minimum atomic E-state index is -4.00. The Balaban J connectivity index is 1.61. The first-order valence-corrected chi connectivity index (χ1v) is 13.2. The lowest BCUT2D eigenvalue weighted by Crippen LogP contribution is -2.19. The summed E-state index contributed by atoms with van der Waals surface area (Å²) in [5.74, 6) is 1.43. The van der Waals surface area contributed by atoms with E-state index < -0.39 is 10.0 Å². The van der Waals surface area contributed by atoms with Crippen LogP contribution in [0.15, 0.2) is 59.9 Å². The van der Waals surface area contributed by atoms with E-state index in [-0.39, 0.29) is 23.2 Å². The summed E-state index contributed by atoms with van der Waals surface area (Å²) in [6.07, 6.45) is 4.64. The molecule has 10 nitrogen and oxygen atoms in total. The molecule has 4 rings (SSSR count). The molecule has 0 aliphatic carbocycles. The number of likely N-dealkylation sites (N-methyl/N-ethyl adjacent to an activating group) is 1. The molecule has 0 fully saturated rings. The SMILES string of the molecule is COc1ccc(COc2nc3cnccn3c2NS(=O)(=O)c2cccc(Cl)c2C)cc1OCCN(C)C. The summed E-state index contributed by atoms with van der Waals surface area (Å²) in [7, 11) is 1.51. The maximum Gasteiger partial charge on any atom is 0.263 e. The minimum Gasteiger partial charge on any atom is -0.493 e. The fourth-order valence-electron chi connectivity index (χ4n) is 3.55. The highest BCUT2D eigenvalue weighted by Crippen LogP contribution is 2.32. The Morgan fingerprint density at radius 3 is 2.70 bits per heavy atom. The lowest BCUT2D eigenvalue weighted by atomic mass is 10.2. The number of halogens is 1. The molecule has 2 aromatic carbocycles. The van der Waals surface area contributed by atoms with E-state index in [0.29, 0.717) is 34.3 Å². The summed E-state index contributed by atoms with van der Waals surface area (Å²) in [5, 5.41) is 0.352. The first kappa shape index (κ1) is 26.5. The third-order valence-corrected chi connectivity index (χ3v) is 7.43. The maximum absolute atomic E-state index is 13.3. The van der Waals surface area contributed by atoms with Crippen LogP contribution in [0, 0.1) is 6.92 Å². The van der Waals surface area contributed by atoms with Gasteiger partial charge in [-0.2, -0.15) is 4.98 Å². The number of ether oxygens (including phenoxy) is 3. The Morgan fingerprint density at radius 1 is 1.14 bits per heavy atom. The molecule has 4 aromatic rings. The zero-order valence-corrected chi connectivity index (χ0v) is 22.5. The number of hydrogen-bond donors (Lipinski definition) is 1. The lowest BCUT2D eigenvalue weighted by molar-refractivity contribution is 0.249. The summed E-state index contributed by atoms with van der Waals surface area (Å²) >= 11 is 6.16. The van der Waals surface area contributed by atoms with E-state index in [1.54, 1.807) is 42.8 Å². The highest BCUT2D eigenvalue weighted by atomic mass is 35.5. The van der Waals surface area contributed by atoms with Gasteiger partial charge < -0.3 is 19.1 Å². The molecule has 0 unspecified atom stereocenters. The molecule has 2 aromatic heterocycles. The fourth-order valence-corrected chi connectivity index (χ4v) is 5.10. The second-order valence-electron chi connectivity index (χ2n) is 8.46. The molecule has 1 N–H and O–H groups in total. The zero-order valence-electron chi connectivity index (χ0n) is 20.9. The Labute approximate surface area is 220 Å². The van der Waals surface area contributed by atoms with Gasteiger partial charge in [0.25, 0.3) is 15.9 Å². The van der Waals surface area contributed by atoms with Gasteiger partial charge in [-0.05, 0) is 56.4 Å². The van der Waals surface area contributed by atoms with E-state index in [9.17, 15) is 8.42 Å². The lowest BCUT2D eigenvalue weighted by Gasteiger charge is -2.15. The van der Waals surface area contributed by atoms with Crippen LogP contribution in [0.4, 0.5) is 5.82 Å². The molecule has 196 valence electrons. The quantitative estimate of drug-likeness (QED) is 0.301. The average molecular weight is 546 g/mol. The molecular formula is C25H28ClN5O5S. The van der Waals surface area contributed by atoms with Crippen LogP contribution < -0.4 is 18.9 Å². The number of nitrogens with one attached hydrogen (secondary N) is 1. The predicted octanol–water partition coefficient (Wildman–Crippen LogP) is 4.02. The van der Waals surface area contributed by atoms with Crippen molar-refractivity contribution in [3.8, 4) is 17.4 Å². The van der Waals surface area contributed by atoms with Crippen molar-refractivity contribution in [2.45, 2.75) is 18.4 Å². The summed E-state index contributed by atoms with van der Waals surface area (Å²) in [6, 6.07) is 10.2. The smallest absolute Gasteiger partial charge is 0.263 e. The van der Waals surface area contributed by atoms with Gasteiger partial charge in [0.05, 0.1) is 18.2 Å². The third kappa shape index (κ3) is 6.07. The van der Waals surface area contributed by atoms with Crippen LogP contribution in [0.1, 0.15) is 11.1 Å². The molecule has 0 saturated carbocycles. The van der Waals surface area contributed by atoms with Crippen molar-refractivity contribution in [3.63, 3.8) is 0 Å². The third-order valence-electron chi connectivity index (χ3n) is 5.54. The number of fused-ring (bicyclic) bond motifs is 1. The summed E-state index contributed by atoms with van der Waals surface area (Å²) in [6.45, 7) is 2.99. The van der Waals surface area contributed by atoms with E-state index in [0.717, 1.165) is 12.1 Å². The summed E-state index contributed by atoms with van der Waals surface area (Å²) in [5.41, 5.74) is 1.64. The molecule has 0 aliphatic rings. The second-order valence-corrected chi connectivity index (χ2v) is 10.5. The Bertz CT molecular complexity index is 1510. The molecule has 0 aliphatic heterocycles. The standard InChI is InChI=1S/C25H28ClN5O5S/c1-17-19(26)6-5-7-22(17)37(32,33)29-24-25(28-23-15-27-10-11-31(23)24)36-16-18-8-9-20(34-4)21(14-18)35-13-12-30(2)3/h5-11,14-15,29H,12-13,16H2,1-4H3. The van der Waals surface area contributed by atoms with Crippen LogP contribution in [0.5, 0.6) is 17.4 Å². The highest BCUT2D eigenvalue weighted by Gasteiger charge is 2.24. The predicted molar refractivity (Wildman–Crippen MR) is 141 cm³/mol. The van der Waals surface area contributed by atoms with Crippen LogP contribution >= 0.6 is 11.6 Å². The summed E-state index contributed by atoms with van der Waals surface area (Å²) < 4.78 is 48.0. The highest BCUT2D eigenvalue weighted by molar-refractivity contribution is 7.92. The molecular weight excluding hydrogens is 518 g/mol. The zero-order chi connectivity index (χ0) is 26.6. The van der Waals surface area contributed by atoms with Gasteiger partial charge in [0.2, 0.25) is 0 Å². The van der Waals surface area contributed by atoms with E-state index in [2.05, 4.69) is 14.7 Å². The van der Waals surface area contributed by atoms with Crippen molar-refractivity contribution in [2.75, 3.05) is 39.1 Å². The van der Waals surface area contributed by atoms with E-state index in [1.807, 2.05) is 31.1 Å². The van der Waals surface area contributed by atoms with Gasteiger partial charge in [-0.3, -0.25) is 14.1 Å². The number of benzene rings is 2. The van der Waals surface area contributed by atoms with Gasteiger partial charge in [-0.25, -0.2) is 8.42 Å². The first-order valence-electron chi connectivity index (χ1n) is 11.4. The van der Waals surface area contributed by atoms with E-state index in [4.69, 9.17) is 25.8 Å². The van der Waals surface area contributed by atoms with Crippen molar-refractivity contribution in [1.29, 1.82) is 0 Å². The molecule has 0 radical (unpaired) electrons. The van der Waals surface area contributed by atoms with Crippen molar-refractivity contribution in [1.82, 2.24) is 19.3 Å². The first-order chi connectivity index (χ1) is 17.7. The van der Waals surface area contributed by atoms with Gasteiger partial charge >= 0.3 is 0 Å². The van der Waals surface area contributed by atoms with Gasteiger partial charge in [0, 0.05) is 24.0 Å². The van der Waals surface area contributed by atoms with Crippen molar-refractivity contribution in [3.05, 3.63) is 71.1 Å². The van der Waals surface area contributed by atoms with Crippen molar-refractivity contribution < 1.29 is 22.6 Å². The van der Waals surface area contributed by atoms with Gasteiger partial charge in [0.15, 0.2) is 23.0 Å². The van der Waals surface area contributed by atoms with Crippen LogP contribution in [0.3, 0.4) is 0 Å². The van der Waals surface area contributed by atoms with Crippen LogP contribution in [0.2, 0.25) is 5.02 Å². The Hall–Kier alpha value is -3.54. The monoisotopic (exact) mass is 545 g/mol. The van der Waals surface area contributed by atoms with Crippen molar-refractivity contribution in [2.24, 2.45) is 0 Å². The molecule has 0 amide bonds. The van der Waals surface area contributed by atoms with E-state index >= 15 is 0 Å². The number of imidazole rings is 1.